The summed E-state index contributed by atoms with van der Waals surface area (Å²) in [7, 11) is 0. The molecule has 0 aliphatic heterocycles. The zero-order valence-electron chi connectivity index (χ0n) is 14.1. The monoisotopic (exact) mass is 412 g/mol. The molecule has 6 heteroatoms. The van der Waals surface area contributed by atoms with Gasteiger partial charge < -0.3 is 0 Å². The van der Waals surface area contributed by atoms with Gasteiger partial charge in [-0.05, 0) is 42.0 Å². The Morgan fingerprint density at radius 3 is 2.44 bits per heavy atom. The van der Waals surface area contributed by atoms with Gasteiger partial charge in [-0.3, -0.25) is 9.36 Å². The minimum atomic E-state index is -0.0866. The standard InChI is InChI=1S/C21H14Cl2N2OS/c22-15-11-10-14(18(23)12-15)13-27-21-24-19-9-5-4-8-17(19)20(26)25(21)16-6-2-1-3-7-16/h1-12H,13H2. The van der Waals surface area contributed by atoms with Crippen LogP contribution in [0.3, 0.4) is 0 Å². The molecule has 1 aromatic heterocycles. The van der Waals surface area contributed by atoms with Crippen molar-refractivity contribution in [2.75, 3.05) is 0 Å². The molecule has 4 rings (SSSR count). The third-order valence-electron chi connectivity index (χ3n) is 4.13. The van der Waals surface area contributed by atoms with Gasteiger partial charge in [0.05, 0.1) is 16.6 Å². The first-order chi connectivity index (χ1) is 13.1. The van der Waals surface area contributed by atoms with Crippen LogP contribution in [-0.4, -0.2) is 9.55 Å². The Morgan fingerprint density at radius 1 is 0.926 bits per heavy atom. The number of rotatable bonds is 4. The third kappa shape index (κ3) is 3.74. The van der Waals surface area contributed by atoms with E-state index in [0.29, 0.717) is 31.9 Å². The first-order valence-electron chi connectivity index (χ1n) is 8.27. The Bertz CT molecular complexity index is 1180. The molecule has 0 fully saturated rings. The van der Waals surface area contributed by atoms with E-state index in [1.165, 1.54) is 11.8 Å². The molecular formula is C21H14Cl2N2OS. The Kier molecular flexibility index (Phi) is 5.21. The van der Waals surface area contributed by atoms with Gasteiger partial charge in [-0.15, -0.1) is 0 Å². The van der Waals surface area contributed by atoms with Crippen LogP contribution >= 0.6 is 35.0 Å². The number of hydrogen-bond donors (Lipinski definition) is 0. The molecule has 4 aromatic rings. The molecule has 0 bridgehead atoms. The lowest BCUT2D eigenvalue weighted by molar-refractivity contribution is 0.819. The normalized spacial score (nSPS) is 11.0. The minimum Gasteiger partial charge on any atom is -0.268 e. The van der Waals surface area contributed by atoms with Gasteiger partial charge in [0.15, 0.2) is 5.16 Å². The predicted octanol–water partition coefficient (Wildman–Crippen LogP) is 5.98. The van der Waals surface area contributed by atoms with E-state index in [4.69, 9.17) is 28.2 Å². The Balaban J connectivity index is 1.82. The van der Waals surface area contributed by atoms with E-state index >= 15 is 0 Å². The molecule has 0 aliphatic rings. The van der Waals surface area contributed by atoms with Crippen molar-refractivity contribution in [1.82, 2.24) is 9.55 Å². The maximum Gasteiger partial charge on any atom is 0.266 e. The van der Waals surface area contributed by atoms with Crippen molar-refractivity contribution < 1.29 is 0 Å². The zero-order valence-corrected chi connectivity index (χ0v) is 16.4. The van der Waals surface area contributed by atoms with Gasteiger partial charge in [-0.2, -0.15) is 0 Å². The average molecular weight is 413 g/mol. The van der Waals surface area contributed by atoms with Crippen LogP contribution in [0.1, 0.15) is 5.56 Å². The average Bonchev–Trinajstić information content (AvgIpc) is 2.68. The van der Waals surface area contributed by atoms with Crippen molar-refractivity contribution in [3.8, 4) is 5.69 Å². The van der Waals surface area contributed by atoms with Crippen molar-refractivity contribution in [3.63, 3.8) is 0 Å². The van der Waals surface area contributed by atoms with Crippen LogP contribution in [0.15, 0.2) is 82.7 Å². The highest BCUT2D eigenvalue weighted by Crippen LogP contribution is 2.29. The van der Waals surface area contributed by atoms with Crippen LogP contribution in [-0.2, 0) is 5.75 Å². The molecule has 1 heterocycles. The van der Waals surface area contributed by atoms with Crippen LogP contribution in [0, 0.1) is 0 Å². The maximum atomic E-state index is 13.1. The summed E-state index contributed by atoms with van der Waals surface area (Å²) < 4.78 is 1.65. The topological polar surface area (TPSA) is 34.9 Å². The second kappa shape index (κ2) is 7.77. The van der Waals surface area contributed by atoms with Gasteiger partial charge in [0.1, 0.15) is 0 Å². The number of para-hydroxylation sites is 2. The van der Waals surface area contributed by atoms with E-state index in [0.717, 1.165) is 11.3 Å². The summed E-state index contributed by atoms with van der Waals surface area (Å²) in [5.74, 6) is 0.577. The van der Waals surface area contributed by atoms with Crippen LogP contribution in [0.5, 0.6) is 0 Å². The van der Waals surface area contributed by atoms with E-state index in [1.54, 1.807) is 22.8 Å². The molecule has 3 aromatic carbocycles. The molecule has 0 N–H and O–H groups in total. The minimum absolute atomic E-state index is 0.0866. The SMILES string of the molecule is O=c1c2ccccc2nc(SCc2ccc(Cl)cc2Cl)n1-c1ccccc1. The molecule has 134 valence electrons. The van der Waals surface area contributed by atoms with Crippen LogP contribution in [0.2, 0.25) is 10.0 Å². The van der Waals surface area contributed by atoms with Crippen LogP contribution in [0.4, 0.5) is 0 Å². The van der Waals surface area contributed by atoms with Gasteiger partial charge in [0.2, 0.25) is 0 Å². The summed E-state index contributed by atoms with van der Waals surface area (Å²) >= 11 is 13.7. The molecule has 0 atom stereocenters. The third-order valence-corrected chi connectivity index (χ3v) is 5.71. The lowest BCUT2D eigenvalue weighted by atomic mass is 10.2. The van der Waals surface area contributed by atoms with E-state index in [1.807, 2.05) is 54.6 Å². The summed E-state index contributed by atoms with van der Waals surface area (Å²) in [5.41, 5.74) is 2.31. The molecule has 27 heavy (non-hydrogen) atoms. The highest BCUT2D eigenvalue weighted by atomic mass is 35.5. The van der Waals surface area contributed by atoms with Crippen molar-refractivity contribution in [3.05, 3.63) is 98.8 Å². The highest BCUT2D eigenvalue weighted by molar-refractivity contribution is 7.98. The molecule has 0 radical (unpaired) electrons. The second-order valence-electron chi connectivity index (χ2n) is 5.91. The van der Waals surface area contributed by atoms with Gasteiger partial charge in [0.25, 0.3) is 5.56 Å². The quantitative estimate of drug-likeness (QED) is 0.305. The lowest BCUT2D eigenvalue weighted by Gasteiger charge is -2.13. The van der Waals surface area contributed by atoms with Crippen molar-refractivity contribution in [1.29, 1.82) is 0 Å². The number of thioether (sulfide) groups is 1. The van der Waals surface area contributed by atoms with Crippen molar-refractivity contribution in [2.45, 2.75) is 10.9 Å². The largest absolute Gasteiger partial charge is 0.268 e. The highest BCUT2D eigenvalue weighted by Gasteiger charge is 2.14. The maximum absolute atomic E-state index is 13.1. The molecular weight excluding hydrogens is 399 g/mol. The molecule has 0 spiro atoms. The fourth-order valence-corrected chi connectivity index (χ4v) is 4.37. The molecule has 0 saturated heterocycles. The first-order valence-corrected chi connectivity index (χ1v) is 10.0. The van der Waals surface area contributed by atoms with E-state index in [9.17, 15) is 4.79 Å². The van der Waals surface area contributed by atoms with Gasteiger partial charge in [-0.25, -0.2) is 4.98 Å². The molecule has 3 nitrogen and oxygen atoms in total. The smallest absolute Gasteiger partial charge is 0.266 e. The first kappa shape index (κ1) is 18.1. The lowest BCUT2D eigenvalue weighted by Crippen LogP contribution is -2.21. The summed E-state index contributed by atoms with van der Waals surface area (Å²) in [6.07, 6.45) is 0. The summed E-state index contributed by atoms with van der Waals surface area (Å²) in [6.45, 7) is 0. The van der Waals surface area contributed by atoms with Gasteiger partial charge in [-0.1, -0.05) is 71.4 Å². The Labute approximate surface area is 170 Å². The number of nitrogens with zero attached hydrogens (tertiary/aromatic N) is 2. The second-order valence-corrected chi connectivity index (χ2v) is 7.70. The van der Waals surface area contributed by atoms with Crippen LogP contribution < -0.4 is 5.56 Å². The number of halogens is 2. The summed E-state index contributed by atoms with van der Waals surface area (Å²) in [6, 6.07) is 22.3. The van der Waals surface area contributed by atoms with Crippen LogP contribution in [0.25, 0.3) is 16.6 Å². The molecule has 0 amide bonds. The number of aromatic nitrogens is 2. The van der Waals surface area contributed by atoms with E-state index in [2.05, 4.69) is 0 Å². The van der Waals surface area contributed by atoms with E-state index < -0.39 is 0 Å². The Hall–Kier alpha value is -2.27. The number of benzene rings is 3. The Morgan fingerprint density at radius 2 is 1.67 bits per heavy atom. The van der Waals surface area contributed by atoms with Gasteiger partial charge in [0, 0.05) is 15.8 Å². The van der Waals surface area contributed by atoms with Crippen molar-refractivity contribution in [2.24, 2.45) is 0 Å². The van der Waals surface area contributed by atoms with Gasteiger partial charge >= 0.3 is 0 Å². The summed E-state index contributed by atoms with van der Waals surface area (Å²) in [5, 5.41) is 2.41. The molecule has 0 saturated carbocycles. The van der Waals surface area contributed by atoms with E-state index in [-0.39, 0.29) is 5.56 Å². The fraction of sp³-hybridized carbons (Fsp3) is 0.0476. The number of fused-ring (bicyclic) bond motifs is 1. The fourth-order valence-electron chi connectivity index (χ4n) is 2.79. The zero-order chi connectivity index (χ0) is 18.8. The molecule has 0 aliphatic carbocycles. The summed E-state index contributed by atoms with van der Waals surface area (Å²) in [4.78, 5) is 17.9. The number of hydrogen-bond acceptors (Lipinski definition) is 3. The van der Waals surface area contributed by atoms with Crippen molar-refractivity contribution >= 4 is 45.9 Å². The predicted molar refractivity (Wildman–Crippen MR) is 113 cm³/mol. The molecule has 0 unspecified atom stereocenters.